The summed E-state index contributed by atoms with van der Waals surface area (Å²) in [5.74, 6) is -2.23. The second-order valence-electron chi connectivity index (χ2n) is 16.0. The number of carbonyl (C=O) groups excluding carboxylic acids is 2. The number of rotatable bonds is 11. The molecule has 1 aliphatic carbocycles. The Balaban J connectivity index is 0.000000201. The van der Waals surface area contributed by atoms with Gasteiger partial charge in [0.05, 0.1) is 12.1 Å². The molecule has 1 aliphatic heterocycles. The maximum atomic E-state index is 15.5. The molecule has 1 saturated carbocycles. The number of aromatic nitrogens is 6. The van der Waals surface area contributed by atoms with Gasteiger partial charge in [-0.15, -0.1) is 0 Å². The second-order valence-corrected chi connectivity index (χ2v) is 20.9. The average molecular weight is 1030 g/mol. The minimum Gasteiger partial charge on any atom is -0.426 e. The van der Waals surface area contributed by atoms with Crippen LogP contribution in [0.1, 0.15) is 69.5 Å². The van der Waals surface area contributed by atoms with E-state index >= 15 is 8.78 Å². The number of carbonyl (C=O) groups is 2. The zero-order valence-electron chi connectivity index (χ0n) is 36.5. The van der Waals surface area contributed by atoms with Crippen molar-refractivity contribution in [2.45, 2.75) is 91.2 Å². The monoisotopic (exact) mass is 1030 g/mol. The molecule has 1 saturated heterocycles. The molecule has 0 unspecified atom stereocenters. The molecule has 2 aliphatic rings. The van der Waals surface area contributed by atoms with Crippen molar-refractivity contribution in [1.29, 1.82) is 0 Å². The van der Waals surface area contributed by atoms with Crippen LogP contribution in [0.25, 0.3) is 0 Å². The lowest BCUT2D eigenvalue weighted by atomic mass is 9.79. The Morgan fingerprint density at radius 1 is 0.721 bits per heavy atom. The van der Waals surface area contributed by atoms with E-state index in [-0.39, 0.29) is 62.6 Å². The standard InChI is InChI=1S/C17H20F4N4O4S.C12H16ClF4N3O2S.C11H9NO3/c1-16(18,30(27,28)14-9-12(17(19,20)21)23-25(14)2)11-5-3-10(4-6-11)15(26)22-13-7-8-29-24-13;1-11(14,8-3-5-20(13)6-4-8)23(21,22)10-7-9(12(15,16)17)18-19(10)2;13-11(8-9-6-7-14-12-9)15-10-4-2-1-3-5-10/h7-11H,3-6H2,1-2H3,(H,22,24,26);7-8H,3-6H2,1-2H3;1-7H,8H2/t10?,11?,16-;11-;/m11./s1. The Bertz CT molecular complexity index is 2680. The fraction of sp³-hybridized carbons (Fsp3) is 0.500. The lowest BCUT2D eigenvalue weighted by molar-refractivity contribution is -0.142. The predicted octanol–water partition coefficient (Wildman–Crippen LogP) is 7.92. The van der Waals surface area contributed by atoms with Crippen LogP contribution in [0, 0.1) is 17.8 Å². The van der Waals surface area contributed by atoms with Crippen LogP contribution in [0.15, 0.2) is 86.2 Å². The number of sulfone groups is 2. The van der Waals surface area contributed by atoms with Crippen molar-refractivity contribution < 1.29 is 75.3 Å². The third kappa shape index (κ3) is 12.6. The van der Waals surface area contributed by atoms with Crippen molar-refractivity contribution in [3.8, 4) is 5.75 Å². The van der Waals surface area contributed by atoms with Crippen LogP contribution in [-0.2, 0) is 62.1 Å². The van der Waals surface area contributed by atoms with Gasteiger partial charge in [0.1, 0.15) is 18.3 Å². The van der Waals surface area contributed by atoms with E-state index in [0.29, 0.717) is 46.0 Å². The summed E-state index contributed by atoms with van der Waals surface area (Å²) in [6, 6.07) is 12.7. The molecule has 0 bridgehead atoms. The van der Waals surface area contributed by atoms with Crippen molar-refractivity contribution in [3.05, 3.63) is 84.2 Å². The van der Waals surface area contributed by atoms with Crippen molar-refractivity contribution in [3.63, 3.8) is 0 Å². The highest BCUT2D eigenvalue weighted by atomic mass is 35.5. The number of benzene rings is 1. The van der Waals surface area contributed by atoms with E-state index in [0.717, 1.165) is 27.9 Å². The highest BCUT2D eigenvalue weighted by molar-refractivity contribution is 7.92. The van der Waals surface area contributed by atoms with Crippen LogP contribution in [0.3, 0.4) is 0 Å². The molecular formula is C40H45ClF8N8O9S2. The number of hydrogen-bond donors (Lipinski definition) is 1. The number of anilines is 1. The van der Waals surface area contributed by atoms with Crippen LogP contribution >= 0.6 is 11.8 Å². The van der Waals surface area contributed by atoms with Gasteiger partial charge in [-0.25, -0.2) is 30.0 Å². The molecule has 374 valence electrons. The molecule has 28 heteroatoms. The smallest absolute Gasteiger partial charge is 0.426 e. The molecule has 1 N–H and O–H groups in total. The Hall–Kier alpha value is -5.41. The summed E-state index contributed by atoms with van der Waals surface area (Å²) in [7, 11) is -7.37. The molecule has 5 heterocycles. The molecule has 2 atom stereocenters. The highest BCUT2D eigenvalue weighted by Crippen LogP contribution is 2.44. The number of para-hydroxylation sites is 1. The van der Waals surface area contributed by atoms with Gasteiger partial charge in [0.2, 0.25) is 35.6 Å². The van der Waals surface area contributed by atoms with Crippen molar-refractivity contribution in [2.75, 3.05) is 18.4 Å². The van der Waals surface area contributed by atoms with Gasteiger partial charge < -0.3 is 19.1 Å². The van der Waals surface area contributed by atoms with Gasteiger partial charge in [-0.1, -0.05) is 28.5 Å². The number of aryl methyl sites for hydroxylation is 2. The van der Waals surface area contributed by atoms with Crippen LogP contribution in [0.4, 0.5) is 40.9 Å². The first-order chi connectivity index (χ1) is 31.5. The molecule has 0 radical (unpaired) electrons. The summed E-state index contributed by atoms with van der Waals surface area (Å²) in [5, 5.41) is 8.87. The maximum absolute atomic E-state index is 15.5. The van der Waals surface area contributed by atoms with Crippen molar-refractivity contribution >= 4 is 49.1 Å². The number of amides is 1. The minimum atomic E-state index is -4.85. The van der Waals surface area contributed by atoms with Gasteiger partial charge in [0.15, 0.2) is 27.3 Å². The molecule has 68 heavy (non-hydrogen) atoms. The molecule has 17 nitrogen and oxygen atoms in total. The topological polar surface area (TPSA) is 215 Å². The number of nitrogens with one attached hydrogen (secondary N) is 1. The van der Waals surface area contributed by atoms with Crippen molar-refractivity contribution in [1.82, 2.24) is 34.3 Å². The third-order valence-electron chi connectivity index (χ3n) is 11.3. The molecule has 1 aromatic carbocycles. The summed E-state index contributed by atoms with van der Waals surface area (Å²) in [6.07, 6.45) is -5.84. The zero-order chi connectivity index (χ0) is 50.5. The number of hydrogen-bond acceptors (Lipinski definition) is 14. The number of esters is 1. The first-order valence-electron chi connectivity index (χ1n) is 20.4. The Kier molecular flexibility index (Phi) is 16.6. The van der Waals surface area contributed by atoms with Gasteiger partial charge in [-0.3, -0.25) is 19.0 Å². The molecule has 4 aromatic heterocycles. The number of nitrogens with zero attached hydrogens (tertiary/aromatic N) is 7. The van der Waals surface area contributed by atoms with Gasteiger partial charge in [-0.05, 0) is 76.3 Å². The van der Waals surface area contributed by atoms with Crippen LogP contribution in [0.2, 0.25) is 0 Å². The van der Waals surface area contributed by atoms with E-state index in [9.17, 15) is 52.8 Å². The van der Waals surface area contributed by atoms with Crippen LogP contribution in [0.5, 0.6) is 5.75 Å². The number of alkyl halides is 8. The van der Waals surface area contributed by atoms with Gasteiger partial charge in [0.25, 0.3) is 0 Å². The largest absolute Gasteiger partial charge is 0.435 e. The van der Waals surface area contributed by atoms with Crippen LogP contribution < -0.4 is 10.1 Å². The Morgan fingerprint density at radius 3 is 1.62 bits per heavy atom. The SMILES string of the molecule is Cn1nc(C(F)(F)F)cc1S(=O)(=O)[C@@](C)(F)C1CCC(C(=O)Nc2ccon2)CC1.Cn1nc(C(F)(F)F)cc1S(=O)(=O)[C@@](C)(F)C1CCN(Cl)CC1.O=C(Cc1ccon1)Oc1ccccc1. The van der Waals surface area contributed by atoms with E-state index < -0.39 is 81.2 Å². The van der Waals surface area contributed by atoms with E-state index in [1.807, 2.05) is 6.07 Å². The lowest BCUT2D eigenvalue weighted by Gasteiger charge is -2.35. The Morgan fingerprint density at radius 2 is 1.19 bits per heavy atom. The average Bonchev–Trinajstić information content (AvgIpc) is 4.11. The molecule has 2 fully saturated rings. The number of piperidine rings is 1. The first kappa shape index (κ1) is 53.5. The zero-order valence-corrected chi connectivity index (χ0v) is 38.9. The van der Waals surface area contributed by atoms with E-state index in [4.69, 9.17) is 16.5 Å². The van der Waals surface area contributed by atoms with Crippen molar-refractivity contribution in [2.24, 2.45) is 31.8 Å². The summed E-state index contributed by atoms with van der Waals surface area (Å²) >= 11 is 5.76. The van der Waals surface area contributed by atoms with E-state index in [1.54, 1.807) is 30.3 Å². The second kappa shape index (κ2) is 21.1. The van der Waals surface area contributed by atoms with E-state index in [1.165, 1.54) is 23.0 Å². The first-order valence-corrected chi connectivity index (χ1v) is 23.7. The lowest BCUT2D eigenvalue weighted by Crippen LogP contribution is -2.44. The summed E-state index contributed by atoms with van der Waals surface area (Å²) in [4.78, 5) is 23.6. The maximum Gasteiger partial charge on any atom is 0.435 e. The number of ether oxygens (including phenoxy) is 1. The molecular weight excluding hydrogens is 988 g/mol. The molecule has 7 rings (SSSR count). The Labute approximate surface area is 389 Å². The van der Waals surface area contributed by atoms with Crippen LogP contribution in [-0.4, -0.2) is 86.1 Å². The molecule has 1 amide bonds. The highest BCUT2D eigenvalue weighted by Gasteiger charge is 2.52. The van der Waals surface area contributed by atoms with Gasteiger partial charge in [-0.2, -0.15) is 36.5 Å². The normalized spacial score (nSPS) is 19.3. The third-order valence-corrected chi connectivity index (χ3v) is 16.3. The fourth-order valence-electron chi connectivity index (χ4n) is 7.40. The number of halogens is 9. The van der Waals surface area contributed by atoms with Gasteiger partial charge >= 0.3 is 18.3 Å². The molecule has 5 aromatic rings. The van der Waals surface area contributed by atoms with Gasteiger partial charge in [0, 0.05) is 69.2 Å². The minimum absolute atomic E-state index is 0.0765. The summed E-state index contributed by atoms with van der Waals surface area (Å²) < 4.78 is 175. The van der Waals surface area contributed by atoms with E-state index in [2.05, 4.69) is 34.9 Å². The predicted molar refractivity (Wildman–Crippen MR) is 223 cm³/mol. The summed E-state index contributed by atoms with van der Waals surface area (Å²) in [6.45, 7) is 2.35. The molecule has 0 spiro atoms. The fourth-order valence-corrected chi connectivity index (χ4v) is 11.1. The summed E-state index contributed by atoms with van der Waals surface area (Å²) in [5.41, 5.74) is -2.21. The quantitative estimate of drug-likeness (QED) is 0.0576.